The van der Waals surface area contributed by atoms with Crippen molar-refractivity contribution in [3.63, 3.8) is 0 Å². The Labute approximate surface area is 239 Å². The first-order valence-electron chi connectivity index (χ1n) is 17.5. The summed E-state index contributed by atoms with van der Waals surface area (Å²) in [6, 6.07) is 0. The summed E-state index contributed by atoms with van der Waals surface area (Å²) in [4.78, 5) is 23.7. The zero-order chi connectivity index (χ0) is 27.8. The highest BCUT2D eigenvalue weighted by Gasteiger charge is 2.10. The largest absolute Gasteiger partial charge is 0.294 e. The third-order valence-electron chi connectivity index (χ3n) is 8.25. The van der Waals surface area contributed by atoms with E-state index in [9.17, 15) is 9.59 Å². The fourth-order valence-electron chi connectivity index (χ4n) is 5.55. The van der Waals surface area contributed by atoms with Gasteiger partial charge in [-0.1, -0.05) is 187 Å². The number of hydrogen-bond acceptors (Lipinski definition) is 2. The topological polar surface area (TPSA) is 34.1 Å². The molecule has 2 heteroatoms. The van der Waals surface area contributed by atoms with E-state index >= 15 is 0 Å². The first-order valence-corrected chi connectivity index (χ1v) is 17.5. The molecular formula is C36H68O2. The van der Waals surface area contributed by atoms with Gasteiger partial charge < -0.3 is 0 Å². The van der Waals surface area contributed by atoms with Crippen LogP contribution in [0, 0.1) is 0 Å². The van der Waals surface area contributed by atoms with E-state index in [1.807, 2.05) is 5.94 Å². The Morgan fingerprint density at radius 2 is 0.605 bits per heavy atom. The molecule has 0 aliphatic rings. The maximum Gasteiger partial charge on any atom is 0.169 e. The molecule has 0 atom stereocenters. The Kier molecular flexibility index (Phi) is 31.6. The van der Waals surface area contributed by atoms with Gasteiger partial charge in [-0.15, -0.1) is 0 Å². The molecule has 0 aromatic heterocycles. The number of rotatable bonds is 32. The molecule has 0 aromatic carbocycles. The lowest BCUT2D eigenvalue weighted by atomic mass is 9.99. The van der Waals surface area contributed by atoms with E-state index in [4.69, 9.17) is 0 Å². The lowest BCUT2D eigenvalue weighted by Gasteiger charge is -2.05. The average Bonchev–Trinajstić information content (AvgIpc) is 2.93. The predicted molar refractivity (Wildman–Crippen MR) is 169 cm³/mol. The maximum atomic E-state index is 12.4. The van der Waals surface area contributed by atoms with Crippen LogP contribution in [0.4, 0.5) is 0 Å². The lowest BCUT2D eigenvalue weighted by Crippen LogP contribution is -2.03. The van der Waals surface area contributed by atoms with Gasteiger partial charge in [-0.05, 0) is 19.3 Å². The SMILES string of the molecule is CCCCCCCCCCCCCCCCCC(=O)C(=C=O)CCCCCCCCCCCCCCCC. The van der Waals surface area contributed by atoms with Crippen molar-refractivity contribution in [1.82, 2.24) is 0 Å². The van der Waals surface area contributed by atoms with Gasteiger partial charge in [0.2, 0.25) is 0 Å². The van der Waals surface area contributed by atoms with E-state index < -0.39 is 0 Å². The second-order valence-corrected chi connectivity index (χ2v) is 12.0. The van der Waals surface area contributed by atoms with Crippen molar-refractivity contribution in [2.45, 2.75) is 213 Å². The molecule has 0 spiro atoms. The smallest absolute Gasteiger partial charge is 0.169 e. The Bertz CT molecular complexity index is 531. The molecule has 0 aliphatic carbocycles. The normalized spacial score (nSPS) is 11.1. The predicted octanol–water partition coefficient (Wildman–Crippen LogP) is 12.4. The number of Topliss-reactive ketones (excluding diaryl/α,β-unsaturated/α-hetero) is 1. The van der Waals surface area contributed by atoms with Gasteiger partial charge in [-0.3, -0.25) is 4.79 Å². The number of allylic oxidation sites excluding steroid dienone is 1. The molecule has 0 aromatic rings. The fraction of sp³-hybridized carbons (Fsp3) is 0.917. The third-order valence-corrected chi connectivity index (χ3v) is 8.25. The Morgan fingerprint density at radius 3 is 0.868 bits per heavy atom. The van der Waals surface area contributed by atoms with Gasteiger partial charge in [0.05, 0.1) is 5.57 Å². The van der Waals surface area contributed by atoms with Crippen LogP contribution in [0.1, 0.15) is 213 Å². The van der Waals surface area contributed by atoms with Crippen molar-refractivity contribution in [1.29, 1.82) is 0 Å². The molecule has 0 rings (SSSR count). The number of hydrogen-bond donors (Lipinski definition) is 0. The van der Waals surface area contributed by atoms with Crippen LogP contribution in [0.15, 0.2) is 5.57 Å². The minimum atomic E-state index is 0.0596. The number of carbonyl (C=O) groups is 1. The minimum Gasteiger partial charge on any atom is -0.294 e. The summed E-state index contributed by atoms with van der Waals surface area (Å²) >= 11 is 0. The summed E-state index contributed by atoms with van der Waals surface area (Å²) in [6.07, 6.45) is 39.7. The van der Waals surface area contributed by atoms with E-state index in [0.29, 0.717) is 18.4 Å². The van der Waals surface area contributed by atoms with Crippen LogP contribution in [0.25, 0.3) is 0 Å². The molecular weight excluding hydrogens is 464 g/mol. The standard InChI is InChI=1S/C36H68O2/c1-3-5-7-9-11-13-15-17-19-21-23-25-27-29-31-33-36(38)35(34-37)32-30-28-26-24-22-20-18-16-14-12-10-8-6-4-2/h3-33H2,1-2H3. The summed E-state index contributed by atoms with van der Waals surface area (Å²) < 4.78 is 0. The Morgan fingerprint density at radius 1 is 0.368 bits per heavy atom. The van der Waals surface area contributed by atoms with E-state index in [0.717, 1.165) is 25.7 Å². The van der Waals surface area contributed by atoms with Gasteiger partial charge >= 0.3 is 0 Å². The zero-order valence-corrected chi connectivity index (χ0v) is 26.2. The van der Waals surface area contributed by atoms with Gasteiger partial charge in [0, 0.05) is 6.42 Å². The molecule has 0 aliphatic heterocycles. The summed E-state index contributed by atoms with van der Waals surface area (Å²) in [6.45, 7) is 4.56. The van der Waals surface area contributed by atoms with Crippen molar-refractivity contribution in [3.05, 3.63) is 5.57 Å². The van der Waals surface area contributed by atoms with E-state index in [1.54, 1.807) is 0 Å². The molecule has 0 radical (unpaired) electrons. The molecule has 0 heterocycles. The first kappa shape index (κ1) is 37.1. The average molecular weight is 533 g/mol. The van der Waals surface area contributed by atoms with Crippen molar-refractivity contribution >= 4 is 11.7 Å². The maximum absolute atomic E-state index is 12.4. The molecule has 0 fully saturated rings. The molecule has 0 saturated heterocycles. The molecule has 0 bridgehead atoms. The molecule has 0 saturated carbocycles. The lowest BCUT2D eigenvalue weighted by molar-refractivity contribution is -0.115. The first-order chi connectivity index (χ1) is 18.8. The highest BCUT2D eigenvalue weighted by molar-refractivity contribution is 6.02. The fourth-order valence-corrected chi connectivity index (χ4v) is 5.55. The van der Waals surface area contributed by atoms with Gasteiger partial charge in [-0.2, -0.15) is 0 Å². The van der Waals surface area contributed by atoms with E-state index in [1.165, 1.54) is 161 Å². The molecule has 224 valence electrons. The van der Waals surface area contributed by atoms with Gasteiger partial charge in [0.25, 0.3) is 0 Å². The van der Waals surface area contributed by atoms with Crippen molar-refractivity contribution in [3.8, 4) is 0 Å². The van der Waals surface area contributed by atoms with Crippen LogP contribution in [-0.4, -0.2) is 11.7 Å². The van der Waals surface area contributed by atoms with Crippen LogP contribution >= 0.6 is 0 Å². The van der Waals surface area contributed by atoms with E-state index in [2.05, 4.69) is 13.8 Å². The monoisotopic (exact) mass is 533 g/mol. The number of carbonyl (C=O) groups excluding carboxylic acids is 2. The second kappa shape index (κ2) is 32.3. The van der Waals surface area contributed by atoms with Crippen molar-refractivity contribution < 1.29 is 9.59 Å². The number of ketones is 1. The van der Waals surface area contributed by atoms with Gasteiger partial charge in [0.15, 0.2) is 5.78 Å². The quantitative estimate of drug-likeness (QED) is 0.0490. The van der Waals surface area contributed by atoms with Crippen molar-refractivity contribution in [2.75, 3.05) is 0 Å². The second-order valence-electron chi connectivity index (χ2n) is 12.0. The van der Waals surface area contributed by atoms with Gasteiger partial charge in [0.1, 0.15) is 5.94 Å². The van der Waals surface area contributed by atoms with Crippen molar-refractivity contribution in [2.24, 2.45) is 0 Å². The Balaban J connectivity index is 3.42. The summed E-state index contributed by atoms with van der Waals surface area (Å²) in [5.74, 6) is 2.03. The molecule has 38 heavy (non-hydrogen) atoms. The molecule has 0 amide bonds. The summed E-state index contributed by atoms with van der Waals surface area (Å²) in [5.41, 5.74) is 0.425. The highest BCUT2D eigenvalue weighted by atomic mass is 16.1. The third kappa shape index (κ3) is 28.1. The highest BCUT2D eigenvalue weighted by Crippen LogP contribution is 2.17. The van der Waals surface area contributed by atoms with Crippen LogP contribution in [-0.2, 0) is 9.59 Å². The molecule has 0 unspecified atom stereocenters. The molecule has 0 N–H and O–H groups in total. The summed E-state index contributed by atoms with van der Waals surface area (Å²) in [5, 5.41) is 0. The van der Waals surface area contributed by atoms with Gasteiger partial charge in [-0.25, -0.2) is 4.79 Å². The van der Waals surface area contributed by atoms with Crippen LogP contribution < -0.4 is 0 Å². The van der Waals surface area contributed by atoms with E-state index in [-0.39, 0.29) is 5.78 Å². The summed E-state index contributed by atoms with van der Waals surface area (Å²) in [7, 11) is 0. The van der Waals surface area contributed by atoms with Crippen LogP contribution in [0.3, 0.4) is 0 Å². The van der Waals surface area contributed by atoms with Crippen LogP contribution in [0.2, 0.25) is 0 Å². The number of unbranched alkanes of at least 4 members (excludes halogenated alkanes) is 27. The minimum absolute atomic E-state index is 0.0596. The zero-order valence-electron chi connectivity index (χ0n) is 26.2. The van der Waals surface area contributed by atoms with Crippen LogP contribution in [0.5, 0.6) is 0 Å². The Hall–Kier alpha value is -0.880. The molecule has 2 nitrogen and oxygen atoms in total.